The van der Waals surface area contributed by atoms with E-state index in [1.54, 1.807) is 37.7 Å². The fourth-order valence-electron chi connectivity index (χ4n) is 1.60. The molecule has 2 aromatic heterocycles. The fraction of sp³-hybridized carbons (Fsp3) is 0.231. The van der Waals surface area contributed by atoms with Gasteiger partial charge < -0.3 is 9.84 Å². The SMILES string of the molecule is COc1cccc(C(O)c2cncc(C)c2)n1. The molecule has 0 radical (unpaired) electrons. The van der Waals surface area contributed by atoms with Gasteiger partial charge in [0.15, 0.2) is 0 Å². The van der Waals surface area contributed by atoms with Crippen molar-refractivity contribution >= 4 is 0 Å². The number of hydrogen-bond acceptors (Lipinski definition) is 4. The second kappa shape index (κ2) is 4.93. The van der Waals surface area contributed by atoms with Gasteiger partial charge in [0.1, 0.15) is 6.10 Å². The molecule has 88 valence electrons. The van der Waals surface area contributed by atoms with Gasteiger partial charge in [0.05, 0.1) is 12.8 Å². The summed E-state index contributed by atoms with van der Waals surface area (Å²) in [4.78, 5) is 8.25. The van der Waals surface area contributed by atoms with Crippen LogP contribution in [0.3, 0.4) is 0 Å². The summed E-state index contributed by atoms with van der Waals surface area (Å²) < 4.78 is 5.03. The summed E-state index contributed by atoms with van der Waals surface area (Å²) in [7, 11) is 1.55. The number of aryl methyl sites for hydroxylation is 1. The maximum atomic E-state index is 10.2. The summed E-state index contributed by atoms with van der Waals surface area (Å²) in [5.41, 5.74) is 2.28. The summed E-state index contributed by atoms with van der Waals surface area (Å²) in [6, 6.07) is 7.19. The summed E-state index contributed by atoms with van der Waals surface area (Å²) in [6.45, 7) is 1.93. The number of aliphatic hydroxyl groups is 1. The molecule has 0 saturated heterocycles. The number of aromatic nitrogens is 2. The number of pyridine rings is 2. The Balaban J connectivity index is 2.33. The maximum Gasteiger partial charge on any atom is 0.213 e. The van der Waals surface area contributed by atoms with Crippen LogP contribution in [0.1, 0.15) is 22.9 Å². The number of nitrogens with zero attached hydrogens (tertiary/aromatic N) is 2. The third-order valence-corrected chi connectivity index (χ3v) is 2.45. The van der Waals surface area contributed by atoms with Gasteiger partial charge >= 0.3 is 0 Å². The molecular weight excluding hydrogens is 216 g/mol. The standard InChI is InChI=1S/C13H14N2O2/c1-9-6-10(8-14-7-9)13(16)11-4-3-5-12(15-11)17-2/h3-8,13,16H,1-2H3. The third-order valence-electron chi connectivity index (χ3n) is 2.45. The van der Waals surface area contributed by atoms with Crippen LogP contribution in [0.5, 0.6) is 5.88 Å². The third kappa shape index (κ3) is 2.60. The molecule has 1 atom stereocenters. The lowest BCUT2D eigenvalue weighted by Gasteiger charge is -2.11. The average molecular weight is 230 g/mol. The van der Waals surface area contributed by atoms with Crippen molar-refractivity contribution in [3.63, 3.8) is 0 Å². The van der Waals surface area contributed by atoms with Crippen molar-refractivity contribution in [2.24, 2.45) is 0 Å². The van der Waals surface area contributed by atoms with Crippen molar-refractivity contribution < 1.29 is 9.84 Å². The molecule has 2 heterocycles. The second-order valence-corrected chi connectivity index (χ2v) is 3.80. The van der Waals surface area contributed by atoms with E-state index in [-0.39, 0.29) is 0 Å². The van der Waals surface area contributed by atoms with Crippen molar-refractivity contribution in [1.82, 2.24) is 9.97 Å². The molecule has 0 bridgehead atoms. The first kappa shape index (κ1) is 11.5. The highest BCUT2D eigenvalue weighted by atomic mass is 16.5. The molecule has 1 unspecified atom stereocenters. The van der Waals surface area contributed by atoms with Gasteiger partial charge in [-0.2, -0.15) is 0 Å². The molecule has 0 aliphatic carbocycles. The Kier molecular flexibility index (Phi) is 3.35. The summed E-state index contributed by atoms with van der Waals surface area (Å²) >= 11 is 0. The Morgan fingerprint density at radius 1 is 1.29 bits per heavy atom. The summed E-state index contributed by atoms with van der Waals surface area (Å²) in [6.07, 6.45) is 2.60. The van der Waals surface area contributed by atoms with Crippen molar-refractivity contribution in [1.29, 1.82) is 0 Å². The lowest BCUT2D eigenvalue weighted by molar-refractivity contribution is 0.213. The van der Waals surface area contributed by atoms with E-state index in [4.69, 9.17) is 4.74 Å². The first-order valence-corrected chi connectivity index (χ1v) is 5.31. The topological polar surface area (TPSA) is 55.2 Å². The van der Waals surface area contributed by atoms with E-state index >= 15 is 0 Å². The number of methoxy groups -OCH3 is 1. The Morgan fingerprint density at radius 3 is 2.82 bits per heavy atom. The minimum absolute atomic E-state index is 0.488. The minimum Gasteiger partial charge on any atom is -0.481 e. The van der Waals surface area contributed by atoms with E-state index in [2.05, 4.69) is 9.97 Å². The van der Waals surface area contributed by atoms with E-state index < -0.39 is 6.10 Å². The zero-order valence-electron chi connectivity index (χ0n) is 9.79. The predicted molar refractivity (Wildman–Crippen MR) is 63.8 cm³/mol. The van der Waals surface area contributed by atoms with Crippen molar-refractivity contribution in [2.75, 3.05) is 7.11 Å². The highest BCUT2D eigenvalue weighted by Gasteiger charge is 2.13. The minimum atomic E-state index is -0.780. The first-order chi connectivity index (χ1) is 8.20. The first-order valence-electron chi connectivity index (χ1n) is 5.31. The van der Waals surface area contributed by atoms with Crippen LogP contribution in [0, 0.1) is 6.92 Å². The van der Waals surface area contributed by atoms with Gasteiger partial charge in [-0.15, -0.1) is 0 Å². The van der Waals surface area contributed by atoms with Gasteiger partial charge in [-0.25, -0.2) is 4.98 Å². The van der Waals surface area contributed by atoms with Gasteiger partial charge in [-0.3, -0.25) is 4.98 Å². The summed E-state index contributed by atoms with van der Waals surface area (Å²) in [5.74, 6) is 0.488. The smallest absolute Gasteiger partial charge is 0.213 e. The molecule has 0 aromatic carbocycles. The molecule has 0 aliphatic heterocycles. The highest BCUT2D eigenvalue weighted by Crippen LogP contribution is 2.21. The van der Waals surface area contributed by atoms with Crippen LogP contribution in [0.25, 0.3) is 0 Å². The fourth-order valence-corrected chi connectivity index (χ4v) is 1.60. The van der Waals surface area contributed by atoms with Crippen LogP contribution in [0.2, 0.25) is 0 Å². The van der Waals surface area contributed by atoms with E-state index in [0.717, 1.165) is 11.1 Å². The molecule has 0 fully saturated rings. The van der Waals surface area contributed by atoms with Crippen molar-refractivity contribution in [3.05, 3.63) is 53.5 Å². The van der Waals surface area contributed by atoms with Crippen LogP contribution < -0.4 is 4.74 Å². The van der Waals surface area contributed by atoms with Crippen LogP contribution >= 0.6 is 0 Å². The van der Waals surface area contributed by atoms with Gasteiger partial charge in [-0.1, -0.05) is 12.1 Å². The molecule has 17 heavy (non-hydrogen) atoms. The van der Waals surface area contributed by atoms with E-state index in [1.165, 1.54) is 0 Å². The van der Waals surface area contributed by atoms with Crippen molar-refractivity contribution in [3.8, 4) is 5.88 Å². The molecular formula is C13H14N2O2. The van der Waals surface area contributed by atoms with Crippen LogP contribution in [-0.4, -0.2) is 22.2 Å². The van der Waals surface area contributed by atoms with Gasteiger partial charge in [0.2, 0.25) is 5.88 Å². The molecule has 1 N–H and O–H groups in total. The zero-order valence-corrected chi connectivity index (χ0v) is 9.79. The van der Waals surface area contributed by atoms with Gasteiger partial charge in [-0.05, 0) is 18.6 Å². The molecule has 0 saturated carbocycles. The zero-order chi connectivity index (χ0) is 12.3. The van der Waals surface area contributed by atoms with Crippen molar-refractivity contribution in [2.45, 2.75) is 13.0 Å². The molecule has 4 heteroatoms. The molecule has 4 nitrogen and oxygen atoms in total. The van der Waals surface area contributed by atoms with E-state index in [0.29, 0.717) is 11.6 Å². The lowest BCUT2D eigenvalue weighted by atomic mass is 10.1. The molecule has 0 spiro atoms. The molecule has 2 rings (SSSR count). The Morgan fingerprint density at radius 2 is 2.12 bits per heavy atom. The number of ether oxygens (including phenoxy) is 1. The second-order valence-electron chi connectivity index (χ2n) is 3.80. The van der Waals surface area contributed by atoms with Crippen LogP contribution in [0.4, 0.5) is 0 Å². The van der Waals surface area contributed by atoms with Gasteiger partial charge in [0.25, 0.3) is 0 Å². The number of aliphatic hydroxyl groups excluding tert-OH is 1. The largest absolute Gasteiger partial charge is 0.481 e. The average Bonchev–Trinajstić information content (AvgIpc) is 2.38. The van der Waals surface area contributed by atoms with E-state index in [9.17, 15) is 5.11 Å². The van der Waals surface area contributed by atoms with E-state index in [1.807, 2.05) is 13.0 Å². The van der Waals surface area contributed by atoms with Gasteiger partial charge in [0, 0.05) is 24.0 Å². The highest BCUT2D eigenvalue weighted by molar-refractivity contribution is 5.27. The normalized spacial score (nSPS) is 12.2. The lowest BCUT2D eigenvalue weighted by Crippen LogP contribution is -2.04. The summed E-state index contributed by atoms with van der Waals surface area (Å²) in [5, 5.41) is 10.2. The Hall–Kier alpha value is -1.94. The monoisotopic (exact) mass is 230 g/mol. The predicted octanol–water partition coefficient (Wildman–Crippen LogP) is 1.88. The van der Waals surface area contributed by atoms with Crippen LogP contribution in [-0.2, 0) is 0 Å². The van der Waals surface area contributed by atoms with Crippen LogP contribution in [0.15, 0.2) is 36.7 Å². The maximum absolute atomic E-state index is 10.2. The number of rotatable bonds is 3. The quantitative estimate of drug-likeness (QED) is 0.874. The molecule has 0 amide bonds. The molecule has 2 aromatic rings. The Labute approximate surface area is 99.9 Å². The number of hydrogen-bond donors (Lipinski definition) is 1. The Bertz CT molecular complexity index is 514. The molecule has 0 aliphatic rings.